The van der Waals surface area contributed by atoms with E-state index >= 15 is 0 Å². The van der Waals surface area contributed by atoms with Crippen molar-refractivity contribution < 1.29 is 9.59 Å². The SMILES string of the molecule is CCC(C)NC(=O)CC(C)=NNC(=O)c1ccccc1. The molecule has 1 aromatic carbocycles. The van der Waals surface area contributed by atoms with Gasteiger partial charge in [0.05, 0.1) is 6.42 Å². The van der Waals surface area contributed by atoms with E-state index in [4.69, 9.17) is 0 Å². The van der Waals surface area contributed by atoms with Crippen molar-refractivity contribution >= 4 is 17.5 Å². The minimum Gasteiger partial charge on any atom is -0.353 e. The summed E-state index contributed by atoms with van der Waals surface area (Å²) >= 11 is 0. The Hall–Kier alpha value is -2.17. The van der Waals surface area contributed by atoms with Gasteiger partial charge in [0.2, 0.25) is 5.91 Å². The lowest BCUT2D eigenvalue weighted by molar-refractivity contribution is -0.120. The van der Waals surface area contributed by atoms with Crippen LogP contribution in [0.5, 0.6) is 0 Å². The van der Waals surface area contributed by atoms with Crippen LogP contribution in [0.1, 0.15) is 44.0 Å². The summed E-state index contributed by atoms with van der Waals surface area (Å²) in [5, 5.41) is 6.78. The van der Waals surface area contributed by atoms with Crippen molar-refractivity contribution in [3.8, 4) is 0 Å². The van der Waals surface area contributed by atoms with Crippen molar-refractivity contribution in [1.82, 2.24) is 10.7 Å². The summed E-state index contributed by atoms with van der Waals surface area (Å²) in [6, 6.07) is 8.96. The maximum Gasteiger partial charge on any atom is 0.271 e. The molecule has 0 saturated carbocycles. The minimum absolute atomic E-state index is 0.0884. The second-order valence-corrected chi connectivity index (χ2v) is 4.71. The summed E-state index contributed by atoms with van der Waals surface area (Å²) in [6.07, 6.45) is 1.06. The first-order valence-electron chi connectivity index (χ1n) is 6.70. The molecule has 2 amide bonds. The first kappa shape index (κ1) is 15.9. The van der Waals surface area contributed by atoms with Crippen LogP contribution >= 0.6 is 0 Å². The molecule has 108 valence electrons. The fourth-order valence-electron chi connectivity index (χ4n) is 1.50. The molecule has 0 spiro atoms. The van der Waals surface area contributed by atoms with Crippen molar-refractivity contribution in [3.63, 3.8) is 0 Å². The average Bonchev–Trinajstić information content (AvgIpc) is 2.45. The highest BCUT2D eigenvalue weighted by Gasteiger charge is 2.08. The van der Waals surface area contributed by atoms with Gasteiger partial charge in [-0.1, -0.05) is 25.1 Å². The van der Waals surface area contributed by atoms with Crippen LogP contribution in [-0.2, 0) is 4.79 Å². The van der Waals surface area contributed by atoms with Crippen molar-refractivity contribution in [2.75, 3.05) is 0 Å². The van der Waals surface area contributed by atoms with Gasteiger partial charge >= 0.3 is 0 Å². The highest BCUT2D eigenvalue weighted by atomic mass is 16.2. The average molecular weight is 275 g/mol. The molecule has 0 aromatic heterocycles. The number of hydrogen-bond donors (Lipinski definition) is 2. The van der Waals surface area contributed by atoms with E-state index in [1.54, 1.807) is 31.2 Å². The molecule has 5 heteroatoms. The molecule has 0 saturated heterocycles. The molecule has 0 aliphatic heterocycles. The number of hydrazone groups is 1. The zero-order valence-electron chi connectivity index (χ0n) is 12.1. The lowest BCUT2D eigenvalue weighted by Gasteiger charge is -2.10. The van der Waals surface area contributed by atoms with Gasteiger partial charge < -0.3 is 5.32 Å². The molecule has 1 atom stereocenters. The monoisotopic (exact) mass is 275 g/mol. The van der Waals surface area contributed by atoms with Gasteiger partial charge in [-0.05, 0) is 32.4 Å². The van der Waals surface area contributed by atoms with Gasteiger partial charge in [-0.2, -0.15) is 5.10 Å². The van der Waals surface area contributed by atoms with E-state index in [1.807, 2.05) is 19.9 Å². The Morgan fingerprint density at radius 2 is 1.90 bits per heavy atom. The van der Waals surface area contributed by atoms with E-state index in [0.29, 0.717) is 11.3 Å². The van der Waals surface area contributed by atoms with Crippen LogP contribution in [-0.4, -0.2) is 23.6 Å². The van der Waals surface area contributed by atoms with Gasteiger partial charge in [0.25, 0.3) is 5.91 Å². The Bertz CT molecular complexity index is 483. The molecule has 5 nitrogen and oxygen atoms in total. The predicted molar refractivity (Wildman–Crippen MR) is 79.5 cm³/mol. The van der Waals surface area contributed by atoms with Crippen LogP contribution in [0.4, 0.5) is 0 Å². The van der Waals surface area contributed by atoms with Crippen molar-refractivity contribution in [1.29, 1.82) is 0 Å². The normalized spacial score (nSPS) is 12.7. The van der Waals surface area contributed by atoms with Gasteiger partial charge in [0.15, 0.2) is 0 Å². The molecular formula is C15H21N3O2. The van der Waals surface area contributed by atoms with E-state index in [-0.39, 0.29) is 24.3 Å². The van der Waals surface area contributed by atoms with Crippen molar-refractivity contribution in [3.05, 3.63) is 35.9 Å². The highest BCUT2D eigenvalue weighted by Crippen LogP contribution is 1.98. The fourth-order valence-corrected chi connectivity index (χ4v) is 1.50. The van der Waals surface area contributed by atoms with E-state index < -0.39 is 0 Å². The Morgan fingerprint density at radius 3 is 2.50 bits per heavy atom. The molecular weight excluding hydrogens is 254 g/mol. The van der Waals surface area contributed by atoms with Gasteiger partial charge in [-0.3, -0.25) is 9.59 Å². The van der Waals surface area contributed by atoms with Crippen LogP contribution < -0.4 is 10.7 Å². The van der Waals surface area contributed by atoms with Crippen LogP contribution in [0, 0.1) is 0 Å². The second kappa shape index (κ2) is 8.09. The lowest BCUT2D eigenvalue weighted by atomic mass is 10.2. The van der Waals surface area contributed by atoms with Gasteiger partial charge in [0, 0.05) is 17.3 Å². The van der Waals surface area contributed by atoms with Gasteiger partial charge in [0.1, 0.15) is 0 Å². The van der Waals surface area contributed by atoms with Gasteiger partial charge in [-0.25, -0.2) is 5.43 Å². The first-order valence-corrected chi connectivity index (χ1v) is 6.70. The number of carbonyl (C=O) groups excluding carboxylic acids is 2. The molecule has 2 N–H and O–H groups in total. The summed E-state index contributed by atoms with van der Waals surface area (Å²) < 4.78 is 0. The molecule has 0 bridgehead atoms. The van der Waals surface area contributed by atoms with Crippen molar-refractivity contribution in [2.45, 2.75) is 39.7 Å². The zero-order valence-corrected chi connectivity index (χ0v) is 12.1. The van der Waals surface area contributed by atoms with E-state index in [0.717, 1.165) is 6.42 Å². The van der Waals surface area contributed by atoms with E-state index in [2.05, 4.69) is 15.8 Å². The Kier molecular flexibility index (Phi) is 6.43. The first-order chi connectivity index (χ1) is 9.52. The topological polar surface area (TPSA) is 70.6 Å². The third kappa shape index (κ3) is 5.65. The Balaban J connectivity index is 2.46. The quantitative estimate of drug-likeness (QED) is 0.616. The standard InChI is InChI=1S/C15H21N3O2/c1-4-11(2)16-14(19)10-12(3)17-18-15(20)13-8-6-5-7-9-13/h5-9,11H,4,10H2,1-3H3,(H,16,19)(H,18,20). The summed E-state index contributed by atoms with van der Waals surface area (Å²) in [6.45, 7) is 5.66. The maximum absolute atomic E-state index is 11.7. The van der Waals surface area contributed by atoms with Crippen LogP contribution in [0.3, 0.4) is 0 Å². The molecule has 0 radical (unpaired) electrons. The third-order valence-corrected chi connectivity index (χ3v) is 2.82. The number of rotatable bonds is 6. The van der Waals surface area contributed by atoms with Crippen LogP contribution in [0.15, 0.2) is 35.4 Å². The number of carbonyl (C=O) groups is 2. The van der Waals surface area contributed by atoms with E-state index in [9.17, 15) is 9.59 Å². The smallest absolute Gasteiger partial charge is 0.271 e. The molecule has 0 fully saturated rings. The Labute approximate surface area is 119 Å². The number of hydrogen-bond acceptors (Lipinski definition) is 3. The summed E-state index contributed by atoms with van der Waals surface area (Å²) in [5.74, 6) is -0.373. The molecule has 1 rings (SSSR count). The number of benzene rings is 1. The molecule has 0 heterocycles. The number of amides is 2. The fraction of sp³-hybridized carbons (Fsp3) is 0.400. The second-order valence-electron chi connectivity index (χ2n) is 4.71. The summed E-state index contributed by atoms with van der Waals surface area (Å²) in [4.78, 5) is 23.4. The number of nitrogens with one attached hydrogen (secondary N) is 2. The lowest BCUT2D eigenvalue weighted by Crippen LogP contribution is -2.33. The maximum atomic E-state index is 11.7. The van der Waals surface area contributed by atoms with Gasteiger partial charge in [-0.15, -0.1) is 0 Å². The zero-order chi connectivity index (χ0) is 15.0. The largest absolute Gasteiger partial charge is 0.353 e. The highest BCUT2D eigenvalue weighted by molar-refractivity contribution is 6.01. The predicted octanol–water partition coefficient (Wildman–Crippen LogP) is 2.10. The van der Waals surface area contributed by atoms with Crippen LogP contribution in [0.25, 0.3) is 0 Å². The third-order valence-electron chi connectivity index (χ3n) is 2.82. The Morgan fingerprint density at radius 1 is 1.25 bits per heavy atom. The molecule has 0 aliphatic rings. The molecule has 0 aliphatic carbocycles. The molecule has 1 aromatic rings. The summed E-state index contributed by atoms with van der Waals surface area (Å²) in [7, 11) is 0. The molecule has 20 heavy (non-hydrogen) atoms. The van der Waals surface area contributed by atoms with Crippen LogP contribution in [0.2, 0.25) is 0 Å². The number of nitrogens with zero attached hydrogens (tertiary/aromatic N) is 1. The van der Waals surface area contributed by atoms with E-state index in [1.165, 1.54) is 0 Å². The molecule has 1 unspecified atom stereocenters. The minimum atomic E-state index is -0.285. The summed E-state index contributed by atoms with van der Waals surface area (Å²) in [5.41, 5.74) is 3.54. The van der Waals surface area contributed by atoms with Crippen molar-refractivity contribution in [2.24, 2.45) is 5.10 Å².